The van der Waals surface area contributed by atoms with Gasteiger partial charge in [-0.05, 0) is 31.2 Å². The van der Waals surface area contributed by atoms with Crippen molar-refractivity contribution in [3.8, 4) is 11.5 Å². The Kier molecular flexibility index (Phi) is 5.16. The van der Waals surface area contributed by atoms with Crippen LogP contribution in [0.4, 0.5) is 0 Å². The van der Waals surface area contributed by atoms with Crippen LogP contribution in [0.1, 0.15) is 15.4 Å². The van der Waals surface area contributed by atoms with Gasteiger partial charge in [-0.25, -0.2) is 4.98 Å². The van der Waals surface area contributed by atoms with Crippen LogP contribution >= 0.6 is 11.3 Å². The molecule has 0 saturated carbocycles. The van der Waals surface area contributed by atoms with E-state index in [-0.39, 0.29) is 5.91 Å². The normalized spacial score (nSPS) is 10.2. The maximum Gasteiger partial charge on any atom is 0.265 e. The second-order valence-corrected chi connectivity index (χ2v) is 5.37. The topological polar surface area (TPSA) is 51.7 Å². The van der Waals surface area contributed by atoms with Gasteiger partial charge >= 0.3 is 0 Å². The molecule has 0 radical (unpaired) electrons. The van der Waals surface area contributed by atoms with Crippen molar-refractivity contribution < 1.29 is 14.3 Å². The lowest BCUT2D eigenvalue weighted by molar-refractivity contribution is 0.0777. The molecule has 2 rings (SSSR count). The van der Waals surface area contributed by atoms with Gasteiger partial charge in [0.2, 0.25) is 0 Å². The van der Waals surface area contributed by atoms with E-state index in [0.717, 1.165) is 17.2 Å². The molecule has 0 N–H and O–H groups in total. The van der Waals surface area contributed by atoms with E-state index in [4.69, 9.17) is 9.47 Å². The van der Waals surface area contributed by atoms with Crippen molar-refractivity contribution >= 4 is 17.2 Å². The van der Waals surface area contributed by atoms with Crippen molar-refractivity contribution in [1.29, 1.82) is 0 Å². The fraction of sp³-hybridized carbons (Fsp3) is 0.333. The van der Waals surface area contributed by atoms with Crippen LogP contribution in [-0.4, -0.2) is 43.1 Å². The lowest BCUT2D eigenvalue weighted by atomic mass is 10.3. The molecule has 0 aliphatic heterocycles. The Bertz CT molecular complexity index is 595. The minimum absolute atomic E-state index is 0.0201. The molecule has 1 heterocycles. The number of nitrogens with zero attached hydrogens (tertiary/aromatic N) is 2. The largest absolute Gasteiger partial charge is 0.497 e. The first-order chi connectivity index (χ1) is 10.1. The zero-order valence-corrected chi connectivity index (χ0v) is 13.1. The summed E-state index contributed by atoms with van der Waals surface area (Å²) in [6, 6.07) is 7.36. The van der Waals surface area contributed by atoms with Gasteiger partial charge in [0, 0.05) is 7.05 Å². The quantitative estimate of drug-likeness (QED) is 0.823. The van der Waals surface area contributed by atoms with Crippen LogP contribution in [0.2, 0.25) is 0 Å². The van der Waals surface area contributed by atoms with Crippen LogP contribution in [0.3, 0.4) is 0 Å². The highest BCUT2D eigenvalue weighted by atomic mass is 32.1. The Morgan fingerprint density at radius 3 is 2.52 bits per heavy atom. The molecule has 1 aromatic carbocycles. The van der Waals surface area contributed by atoms with Crippen molar-refractivity contribution in [2.75, 3.05) is 27.3 Å². The second kappa shape index (κ2) is 7.08. The Morgan fingerprint density at radius 2 is 1.95 bits per heavy atom. The lowest BCUT2D eigenvalue weighted by Crippen LogP contribution is -2.30. The minimum atomic E-state index is -0.0201. The number of methoxy groups -OCH3 is 1. The van der Waals surface area contributed by atoms with Gasteiger partial charge in [0.1, 0.15) is 23.0 Å². The number of carbonyl (C=O) groups is 1. The van der Waals surface area contributed by atoms with Crippen LogP contribution in [0, 0.1) is 6.92 Å². The summed E-state index contributed by atoms with van der Waals surface area (Å²) < 4.78 is 10.7. The molecule has 5 nitrogen and oxygen atoms in total. The van der Waals surface area contributed by atoms with Crippen molar-refractivity contribution in [3.05, 3.63) is 40.3 Å². The average molecular weight is 306 g/mol. The lowest BCUT2D eigenvalue weighted by Gasteiger charge is -2.17. The van der Waals surface area contributed by atoms with Gasteiger partial charge in [-0.15, -0.1) is 11.3 Å². The summed E-state index contributed by atoms with van der Waals surface area (Å²) in [5.41, 5.74) is 2.46. The van der Waals surface area contributed by atoms with Crippen molar-refractivity contribution in [2.45, 2.75) is 6.92 Å². The van der Waals surface area contributed by atoms with E-state index < -0.39 is 0 Å². The summed E-state index contributed by atoms with van der Waals surface area (Å²) in [7, 11) is 3.39. The first-order valence-corrected chi connectivity index (χ1v) is 7.42. The third kappa shape index (κ3) is 3.95. The predicted octanol–water partition coefficient (Wildman–Crippen LogP) is 2.61. The number of thiazole rings is 1. The van der Waals surface area contributed by atoms with Crippen molar-refractivity contribution in [2.24, 2.45) is 0 Å². The predicted molar refractivity (Wildman–Crippen MR) is 82.3 cm³/mol. The van der Waals surface area contributed by atoms with Gasteiger partial charge in [0.25, 0.3) is 5.91 Å². The number of ether oxygens (including phenoxy) is 2. The molecular weight excluding hydrogens is 288 g/mol. The summed E-state index contributed by atoms with van der Waals surface area (Å²) in [6.07, 6.45) is 0. The maximum absolute atomic E-state index is 12.2. The van der Waals surface area contributed by atoms with Crippen molar-refractivity contribution in [1.82, 2.24) is 9.88 Å². The van der Waals surface area contributed by atoms with Gasteiger partial charge in [-0.3, -0.25) is 4.79 Å². The molecule has 1 aromatic heterocycles. The highest BCUT2D eigenvalue weighted by Gasteiger charge is 2.16. The number of amides is 1. The summed E-state index contributed by atoms with van der Waals surface area (Å²) in [5, 5.41) is 0. The molecule has 0 aliphatic carbocycles. The highest BCUT2D eigenvalue weighted by molar-refractivity contribution is 7.11. The summed E-state index contributed by atoms with van der Waals surface area (Å²) in [4.78, 5) is 18.6. The van der Waals surface area contributed by atoms with E-state index in [2.05, 4.69) is 4.98 Å². The van der Waals surface area contributed by atoms with Crippen LogP contribution in [0.15, 0.2) is 29.8 Å². The monoisotopic (exact) mass is 306 g/mol. The summed E-state index contributed by atoms with van der Waals surface area (Å²) in [6.45, 7) is 2.79. The minimum Gasteiger partial charge on any atom is -0.497 e. The molecule has 0 aliphatic rings. The van der Waals surface area contributed by atoms with Crippen LogP contribution < -0.4 is 9.47 Å². The van der Waals surface area contributed by atoms with Crippen LogP contribution in [0.25, 0.3) is 0 Å². The number of aryl methyl sites for hydroxylation is 1. The number of hydrogen-bond donors (Lipinski definition) is 0. The Morgan fingerprint density at radius 1 is 1.29 bits per heavy atom. The molecule has 21 heavy (non-hydrogen) atoms. The van der Waals surface area contributed by atoms with E-state index >= 15 is 0 Å². The average Bonchev–Trinajstić information content (AvgIpc) is 2.93. The van der Waals surface area contributed by atoms with Gasteiger partial charge in [0.05, 0.1) is 24.9 Å². The maximum atomic E-state index is 12.2. The SMILES string of the molecule is COc1ccc(OCCN(C)C(=O)c2scnc2C)cc1. The van der Waals surface area contributed by atoms with E-state index in [9.17, 15) is 4.79 Å². The molecule has 0 atom stereocenters. The Hall–Kier alpha value is -2.08. The standard InChI is InChI=1S/C15H18N2O3S/c1-11-14(21-10-16-11)15(18)17(2)8-9-20-13-6-4-12(19-3)5-7-13/h4-7,10H,8-9H2,1-3H3. The fourth-order valence-electron chi connectivity index (χ4n) is 1.75. The Balaban J connectivity index is 1.82. The highest BCUT2D eigenvalue weighted by Crippen LogP contribution is 2.17. The molecule has 0 fully saturated rings. The Labute approximate surface area is 128 Å². The number of rotatable bonds is 6. The summed E-state index contributed by atoms with van der Waals surface area (Å²) in [5.74, 6) is 1.52. The third-order valence-corrected chi connectivity index (χ3v) is 3.96. The second-order valence-electron chi connectivity index (χ2n) is 4.52. The fourth-order valence-corrected chi connectivity index (χ4v) is 2.55. The molecule has 2 aromatic rings. The van der Waals surface area contributed by atoms with E-state index in [1.165, 1.54) is 11.3 Å². The molecular formula is C15H18N2O3S. The molecule has 112 valence electrons. The molecule has 1 amide bonds. The first kappa shape index (κ1) is 15.3. The van der Waals surface area contributed by atoms with Crippen LogP contribution in [0.5, 0.6) is 11.5 Å². The molecule has 6 heteroatoms. The third-order valence-electron chi connectivity index (χ3n) is 3.04. The van der Waals surface area contributed by atoms with Gasteiger partial charge < -0.3 is 14.4 Å². The number of carbonyl (C=O) groups excluding carboxylic acids is 1. The summed E-state index contributed by atoms with van der Waals surface area (Å²) >= 11 is 1.36. The molecule has 0 bridgehead atoms. The molecule has 0 saturated heterocycles. The molecule has 0 unspecified atom stereocenters. The first-order valence-electron chi connectivity index (χ1n) is 6.54. The van der Waals surface area contributed by atoms with Crippen molar-refractivity contribution in [3.63, 3.8) is 0 Å². The van der Waals surface area contributed by atoms with E-state index in [0.29, 0.717) is 18.0 Å². The smallest absolute Gasteiger partial charge is 0.265 e. The number of aromatic nitrogens is 1. The van der Waals surface area contributed by atoms with Crippen LogP contribution in [-0.2, 0) is 0 Å². The zero-order valence-electron chi connectivity index (χ0n) is 12.3. The number of likely N-dealkylation sites (N-methyl/N-ethyl adjacent to an activating group) is 1. The number of benzene rings is 1. The van der Waals surface area contributed by atoms with Gasteiger partial charge in [0.15, 0.2) is 0 Å². The van der Waals surface area contributed by atoms with E-state index in [1.807, 2.05) is 31.2 Å². The molecule has 0 spiro atoms. The van der Waals surface area contributed by atoms with Gasteiger partial charge in [-0.1, -0.05) is 0 Å². The van der Waals surface area contributed by atoms with E-state index in [1.54, 1.807) is 24.6 Å². The zero-order chi connectivity index (χ0) is 15.2. The number of hydrogen-bond acceptors (Lipinski definition) is 5. The van der Waals surface area contributed by atoms with Gasteiger partial charge in [-0.2, -0.15) is 0 Å².